The lowest BCUT2D eigenvalue weighted by atomic mass is 10.0. The first-order valence-electron chi connectivity index (χ1n) is 6.69. The minimum atomic E-state index is -0.188. The lowest BCUT2D eigenvalue weighted by Gasteiger charge is -2.20. The van der Waals surface area contributed by atoms with Gasteiger partial charge in [-0.05, 0) is 49.6 Å². The largest absolute Gasteiger partial charge is 0.378 e. The van der Waals surface area contributed by atoms with Gasteiger partial charge in [-0.1, -0.05) is 36.8 Å². The first kappa shape index (κ1) is 13.6. The molecule has 0 spiro atoms. The molecule has 1 unspecified atom stereocenters. The highest BCUT2D eigenvalue weighted by Crippen LogP contribution is 2.25. The van der Waals surface area contributed by atoms with Crippen LogP contribution in [0.2, 0.25) is 0 Å². The van der Waals surface area contributed by atoms with Gasteiger partial charge in [-0.2, -0.15) is 0 Å². The van der Waals surface area contributed by atoms with Crippen molar-refractivity contribution in [3.63, 3.8) is 0 Å². The number of halogens is 1. The quantitative estimate of drug-likeness (QED) is 0.812. The molecule has 0 aromatic heterocycles. The smallest absolute Gasteiger partial charge is 0.123 e. The average molecular weight is 257 g/mol. The van der Waals surface area contributed by atoms with Crippen molar-refractivity contribution in [1.29, 1.82) is 0 Å². The number of hydrogen-bond acceptors (Lipinski definition) is 1. The average Bonchev–Trinajstić information content (AvgIpc) is 2.39. The van der Waals surface area contributed by atoms with Crippen LogP contribution >= 0.6 is 0 Å². The van der Waals surface area contributed by atoms with Crippen LogP contribution in [0.1, 0.15) is 36.1 Å². The maximum Gasteiger partial charge on any atom is 0.123 e. The van der Waals surface area contributed by atoms with Crippen molar-refractivity contribution in [2.75, 3.05) is 5.32 Å². The normalized spacial score (nSPS) is 12.2. The lowest BCUT2D eigenvalue weighted by molar-refractivity contribution is 0.626. The fraction of sp³-hybridized carbons (Fsp3) is 0.294. The van der Waals surface area contributed by atoms with Gasteiger partial charge in [0.1, 0.15) is 5.82 Å². The van der Waals surface area contributed by atoms with Gasteiger partial charge in [0, 0.05) is 5.69 Å². The fourth-order valence-electron chi connectivity index (χ4n) is 2.20. The molecule has 2 rings (SSSR count). The van der Waals surface area contributed by atoms with Crippen LogP contribution in [0.5, 0.6) is 0 Å². The highest BCUT2D eigenvalue weighted by molar-refractivity contribution is 5.52. The maximum atomic E-state index is 13.1. The van der Waals surface area contributed by atoms with E-state index in [1.54, 1.807) is 6.07 Å². The van der Waals surface area contributed by atoms with Gasteiger partial charge in [-0.15, -0.1) is 0 Å². The summed E-state index contributed by atoms with van der Waals surface area (Å²) < 4.78 is 13.1. The molecule has 0 radical (unpaired) electrons. The second-order valence-electron chi connectivity index (χ2n) is 4.98. The molecule has 0 aliphatic rings. The molecule has 1 atom stereocenters. The van der Waals surface area contributed by atoms with E-state index in [0.29, 0.717) is 0 Å². The van der Waals surface area contributed by atoms with E-state index in [-0.39, 0.29) is 11.9 Å². The van der Waals surface area contributed by atoms with Gasteiger partial charge in [0.15, 0.2) is 0 Å². The van der Waals surface area contributed by atoms with Crippen LogP contribution in [-0.2, 0) is 0 Å². The topological polar surface area (TPSA) is 12.0 Å². The van der Waals surface area contributed by atoms with Gasteiger partial charge in [-0.25, -0.2) is 4.39 Å². The van der Waals surface area contributed by atoms with E-state index in [1.165, 1.54) is 17.2 Å². The third-order valence-corrected chi connectivity index (χ3v) is 3.41. The second-order valence-corrected chi connectivity index (χ2v) is 4.98. The summed E-state index contributed by atoms with van der Waals surface area (Å²) >= 11 is 0. The van der Waals surface area contributed by atoms with Crippen molar-refractivity contribution in [2.24, 2.45) is 0 Å². The SMILES string of the molecule is CCC(Nc1ccc(F)cc1C)c1ccc(C)cc1. The molecular weight excluding hydrogens is 237 g/mol. The van der Waals surface area contributed by atoms with E-state index < -0.39 is 0 Å². The Morgan fingerprint density at radius 2 is 1.74 bits per heavy atom. The van der Waals surface area contributed by atoms with E-state index >= 15 is 0 Å². The Balaban J connectivity index is 2.21. The van der Waals surface area contributed by atoms with Crippen molar-refractivity contribution >= 4 is 5.69 Å². The van der Waals surface area contributed by atoms with Crippen LogP contribution < -0.4 is 5.32 Å². The molecule has 100 valence electrons. The van der Waals surface area contributed by atoms with Gasteiger partial charge in [-0.3, -0.25) is 0 Å². The highest BCUT2D eigenvalue weighted by Gasteiger charge is 2.10. The number of benzene rings is 2. The molecule has 1 nitrogen and oxygen atoms in total. The number of nitrogens with one attached hydrogen (secondary N) is 1. The van der Waals surface area contributed by atoms with Crippen LogP contribution in [0.25, 0.3) is 0 Å². The summed E-state index contributed by atoms with van der Waals surface area (Å²) in [5, 5.41) is 3.49. The maximum absolute atomic E-state index is 13.1. The van der Waals surface area contributed by atoms with Gasteiger partial charge in [0.05, 0.1) is 6.04 Å². The number of hydrogen-bond donors (Lipinski definition) is 1. The van der Waals surface area contributed by atoms with Crippen LogP contribution in [0, 0.1) is 19.7 Å². The first-order valence-corrected chi connectivity index (χ1v) is 6.69. The van der Waals surface area contributed by atoms with Crippen molar-refractivity contribution in [3.05, 3.63) is 65.0 Å². The van der Waals surface area contributed by atoms with Gasteiger partial charge in [0.25, 0.3) is 0 Å². The molecular formula is C17H20FN. The monoisotopic (exact) mass is 257 g/mol. The molecule has 19 heavy (non-hydrogen) atoms. The third-order valence-electron chi connectivity index (χ3n) is 3.41. The summed E-state index contributed by atoms with van der Waals surface area (Å²) in [6.45, 7) is 6.16. The van der Waals surface area contributed by atoms with E-state index in [4.69, 9.17) is 0 Å². The Bertz CT molecular complexity index is 546. The minimum Gasteiger partial charge on any atom is -0.378 e. The molecule has 2 aromatic carbocycles. The van der Waals surface area contributed by atoms with Crippen LogP contribution in [0.3, 0.4) is 0 Å². The molecule has 0 aliphatic heterocycles. The number of rotatable bonds is 4. The van der Waals surface area contributed by atoms with E-state index in [1.807, 2.05) is 13.0 Å². The summed E-state index contributed by atoms with van der Waals surface area (Å²) in [6, 6.07) is 13.7. The minimum absolute atomic E-state index is 0.188. The van der Waals surface area contributed by atoms with Crippen molar-refractivity contribution in [3.8, 4) is 0 Å². The molecule has 0 bridgehead atoms. The summed E-state index contributed by atoms with van der Waals surface area (Å²) in [5.74, 6) is -0.188. The summed E-state index contributed by atoms with van der Waals surface area (Å²) in [7, 11) is 0. The Labute approximate surface area is 114 Å². The fourth-order valence-corrected chi connectivity index (χ4v) is 2.20. The van der Waals surface area contributed by atoms with E-state index in [2.05, 4.69) is 43.4 Å². The molecule has 0 heterocycles. The molecule has 0 saturated carbocycles. The molecule has 2 aromatic rings. The molecule has 0 amide bonds. The Morgan fingerprint density at radius 1 is 1.05 bits per heavy atom. The van der Waals surface area contributed by atoms with Gasteiger partial charge < -0.3 is 5.32 Å². The lowest BCUT2D eigenvalue weighted by Crippen LogP contribution is -2.10. The van der Waals surface area contributed by atoms with Crippen molar-refractivity contribution < 1.29 is 4.39 Å². The number of aryl methyl sites for hydroxylation is 2. The van der Waals surface area contributed by atoms with Crippen molar-refractivity contribution in [1.82, 2.24) is 0 Å². The highest BCUT2D eigenvalue weighted by atomic mass is 19.1. The Kier molecular flexibility index (Phi) is 4.20. The Morgan fingerprint density at radius 3 is 2.32 bits per heavy atom. The zero-order valence-corrected chi connectivity index (χ0v) is 11.7. The van der Waals surface area contributed by atoms with Crippen LogP contribution in [0.4, 0.5) is 10.1 Å². The molecule has 0 fully saturated rings. The van der Waals surface area contributed by atoms with E-state index in [0.717, 1.165) is 17.7 Å². The van der Waals surface area contributed by atoms with E-state index in [9.17, 15) is 4.39 Å². The zero-order valence-electron chi connectivity index (χ0n) is 11.7. The summed E-state index contributed by atoms with van der Waals surface area (Å²) in [5.41, 5.74) is 4.45. The van der Waals surface area contributed by atoms with Crippen molar-refractivity contribution in [2.45, 2.75) is 33.2 Å². The molecule has 1 N–H and O–H groups in total. The summed E-state index contributed by atoms with van der Waals surface area (Å²) in [4.78, 5) is 0. The number of anilines is 1. The third kappa shape index (κ3) is 3.34. The second kappa shape index (κ2) is 5.87. The van der Waals surface area contributed by atoms with Gasteiger partial charge >= 0.3 is 0 Å². The molecule has 0 saturated heterocycles. The van der Waals surface area contributed by atoms with Crippen LogP contribution in [-0.4, -0.2) is 0 Å². The molecule has 2 heteroatoms. The Hall–Kier alpha value is -1.83. The zero-order chi connectivity index (χ0) is 13.8. The predicted molar refractivity (Wildman–Crippen MR) is 79.0 cm³/mol. The standard InChI is InChI=1S/C17H20FN/c1-4-16(14-7-5-12(2)6-8-14)19-17-10-9-15(18)11-13(17)3/h5-11,16,19H,4H2,1-3H3. The van der Waals surface area contributed by atoms with Crippen LogP contribution in [0.15, 0.2) is 42.5 Å². The predicted octanol–water partition coefficient (Wildman–Crippen LogP) is 5.01. The molecule has 0 aliphatic carbocycles. The van der Waals surface area contributed by atoms with Gasteiger partial charge in [0.2, 0.25) is 0 Å². The summed E-state index contributed by atoms with van der Waals surface area (Å²) in [6.07, 6.45) is 0.986. The first-order chi connectivity index (χ1) is 9.10.